The van der Waals surface area contributed by atoms with Gasteiger partial charge in [-0.25, -0.2) is 8.78 Å². The van der Waals surface area contributed by atoms with Crippen molar-refractivity contribution in [2.45, 2.75) is 13.0 Å². The van der Waals surface area contributed by atoms with Crippen LogP contribution < -0.4 is 5.32 Å². The highest BCUT2D eigenvalue weighted by Crippen LogP contribution is 2.24. The summed E-state index contributed by atoms with van der Waals surface area (Å²) in [7, 11) is 0. The maximum Gasteiger partial charge on any atom is 0.322 e. The van der Waals surface area contributed by atoms with Gasteiger partial charge in [0.1, 0.15) is 18.2 Å². The summed E-state index contributed by atoms with van der Waals surface area (Å²) in [6, 6.07) is 2.17. The predicted molar refractivity (Wildman–Crippen MR) is 73.2 cm³/mol. The predicted octanol–water partition coefficient (Wildman–Crippen LogP) is 0.945. The van der Waals surface area contributed by atoms with E-state index in [1.807, 2.05) is 0 Å². The number of carbonyl (C=O) groups excluding carboxylic acids is 1. The average molecular weight is 321 g/mol. The number of aliphatic carboxylic acids is 1. The van der Waals surface area contributed by atoms with E-state index in [1.54, 1.807) is 4.90 Å². The van der Waals surface area contributed by atoms with E-state index in [9.17, 15) is 18.4 Å². The van der Waals surface area contributed by atoms with Crippen LogP contribution in [0.2, 0.25) is 0 Å². The van der Waals surface area contributed by atoms with Crippen LogP contribution in [0.5, 0.6) is 0 Å². The van der Waals surface area contributed by atoms with Gasteiger partial charge in [-0.05, 0) is 24.1 Å². The SMILES string of the molecule is Cl.O=C(O)CNC(=O)CN1CCc2c(F)ccc(F)c2C1. The van der Waals surface area contributed by atoms with Crippen molar-refractivity contribution in [3.05, 3.63) is 34.9 Å². The number of fused-ring (bicyclic) bond motifs is 1. The highest BCUT2D eigenvalue weighted by Gasteiger charge is 2.23. The van der Waals surface area contributed by atoms with Crippen molar-refractivity contribution in [3.63, 3.8) is 0 Å². The van der Waals surface area contributed by atoms with Crippen molar-refractivity contribution in [1.82, 2.24) is 10.2 Å². The number of hydrogen-bond donors (Lipinski definition) is 2. The molecule has 2 N–H and O–H groups in total. The summed E-state index contributed by atoms with van der Waals surface area (Å²) in [6.07, 6.45) is 0.325. The fraction of sp³-hybridized carbons (Fsp3) is 0.385. The van der Waals surface area contributed by atoms with Crippen LogP contribution in [-0.2, 0) is 22.6 Å². The van der Waals surface area contributed by atoms with E-state index in [0.717, 1.165) is 12.1 Å². The van der Waals surface area contributed by atoms with Gasteiger partial charge < -0.3 is 10.4 Å². The quantitative estimate of drug-likeness (QED) is 0.866. The molecule has 21 heavy (non-hydrogen) atoms. The number of carboxylic acids is 1. The Kier molecular flexibility index (Phi) is 6.04. The first-order valence-electron chi connectivity index (χ1n) is 6.14. The number of hydrogen-bond acceptors (Lipinski definition) is 3. The second kappa shape index (κ2) is 7.33. The molecule has 0 bridgehead atoms. The molecule has 0 unspecified atom stereocenters. The Morgan fingerprint density at radius 2 is 1.86 bits per heavy atom. The van der Waals surface area contributed by atoms with Crippen molar-refractivity contribution in [3.8, 4) is 0 Å². The van der Waals surface area contributed by atoms with Gasteiger partial charge in [0, 0.05) is 18.7 Å². The molecule has 5 nitrogen and oxygen atoms in total. The number of carbonyl (C=O) groups is 2. The molecule has 1 aliphatic heterocycles. The first kappa shape index (κ1) is 17.3. The highest BCUT2D eigenvalue weighted by atomic mass is 35.5. The highest BCUT2D eigenvalue weighted by molar-refractivity contribution is 5.85. The molecule has 0 spiro atoms. The third kappa shape index (κ3) is 4.37. The van der Waals surface area contributed by atoms with Crippen molar-refractivity contribution < 1.29 is 23.5 Å². The molecule has 1 aromatic carbocycles. The zero-order valence-corrected chi connectivity index (χ0v) is 11.9. The van der Waals surface area contributed by atoms with Gasteiger partial charge in [-0.2, -0.15) is 0 Å². The van der Waals surface area contributed by atoms with Crippen LogP contribution >= 0.6 is 12.4 Å². The van der Waals surface area contributed by atoms with Crippen LogP contribution in [0.3, 0.4) is 0 Å². The monoisotopic (exact) mass is 320 g/mol. The molecule has 0 aromatic heterocycles. The summed E-state index contributed by atoms with van der Waals surface area (Å²) in [5, 5.41) is 10.7. The molecule has 116 valence electrons. The molecule has 1 aromatic rings. The second-order valence-electron chi connectivity index (χ2n) is 4.62. The summed E-state index contributed by atoms with van der Waals surface area (Å²) in [5.41, 5.74) is 0.620. The minimum absolute atomic E-state index is 0. The van der Waals surface area contributed by atoms with Crippen molar-refractivity contribution in [2.75, 3.05) is 19.6 Å². The summed E-state index contributed by atoms with van der Waals surface area (Å²) >= 11 is 0. The minimum Gasteiger partial charge on any atom is -0.480 e. The van der Waals surface area contributed by atoms with Gasteiger partial charge in [-0.3, -0.25) is 14.5 Å². The summed E-state index contributed by atoms with van der Waals surface area (Å²) in [4.78, 5) is 23.5. The lowest BCUT2D eigenvalue weighted by molar-refractivity contribution is -0.138. The van der Waals surface area contributed by atoms with E-state index in [2.05, 4.69) is 5.32 Å². The lowest BCUT2D eigenvalue weighted by Gasteiger charge is -2.28. The van der Waals surface area contributed by atoms with E-state index in [1.165, 1.54) is 0 Å². The molecule has 0 aliphatic carbocycles. The smallest absolute Gasteiger partial charge is 0.322 e. The molecule has 1 aliphatic rings. The Balaban J connectivity index is 0.00000220. The van der Waals surface area contributed by atoms with Crippen molar-refractivity contribution >= 4 is 24.3 Å². The lowest BCUT2D eigenvalue weighted by Crippen LogP contribution is -2.41. The number of benzene rings is 1. The van der Waals surface area contributed by atoms with Gasteiger partial charge in [0.05, 0.1) is 6.54 Å². The zero-order chi connectivity index (χ0) is 14.7. The third-order valence-corrected chi connectivity index (χ3v) is 3.18. The average Bonchev–Trinajstić information content (AvgIpc) is 2.41. The van der Waals surface area contributed by atoms with Crippen LogP contribution in [-0.4, -0.2) is 41.5 Å². The first-order chi connectivity index (χ1) is 9.47. The summed E-state index contributed by atoms with van der Waals surface area (Å²) < 4.78 is 27.2. The van der Waals surface area contributed by atoms with Crippen LogP contribution in [0.4, 0.5) is 8.78 Å². The van der Waals surface area contributed by atoms with E-state index in [4.69, 9.17) is 5.11 Å². The van der Waals surface area contributed by atoms with Gasteiger partial charge in [0.2, 0.25) is 5.91 Å². The molecule has 8 heteroatoms. The maximum absolute atomic E-state index is 13.6. The number of nitrogens with one attached hydrogen (secondary N) is 1. The molecule has 1 heterocycles. The third-order valence-electron chi connectivity index (χ3n) is 3.18. The Morgan fingerprint density at radius 3 is 2.48 bits per heavy atom. The van der Waals surface area contributed by atoms with Crippen LogP contribution in [0.15, 0.2) is 12.1 Å². The molecule has 0 atom stereocenters. The fourth-order valence-corrected chi connectivity index (χ4v) is 2.22. The number of carboxylic acid groups (broad SMARTS) is 1. The molecule has 0 saturated heterocycles. The molecule has 0 fully saturated rings. The number of nitrogens with zero attached hydrogens (tertiary/aromatic N) is 1. The van der Waals surface area contributed by atoms with E-state index >= 15 is 0 Å². The van der Waals surface area contributed by atoms with Crippen molar-refractivity contribution in [1.29, 1.82) is 0 Å². The lowest BCUT2D eigenvalue weighted by atomic mass is 9.98. The second-order valence-corrected chi connectivity index (χ2v) is 4.62. The fourth-order valence-electron chi connectivity index (χ4n) is 2.22. The Morgan fingerprint density at radius 1 is 1.24 bits per heavy atom. The van der Waals surface area contributed by atoms with Gasteiger partial charge in [0.25, 0.3) is 0 Å². The number of halogens is 3. The van der Waals surface area contributed by atoms with Crippen molar-refractivity contribution in [2.24, 2.45) is 0 Å². The molecule has 0 radical (unpaired) electrons. The Hall–Kier alpha value is -1.73. The maximum atomic E-state index is 13.6. The minimum atomic E-state index is -1.13. The molecule has 1 amide bonds. The first-order valence-corrected chi connectivity index (χ1v) is 6.14. The Bertz CT molecular complexity index is 554. The molecular weight excluding hydrogens is 306 g/mol. The largest absolute Gasteiger partial charge is 0.480 e. The summed E-state index contributed by atoms with van der Waals surface area (Å²) in [6.45, 7) is 0.0716. The van der Waals surface area contributed by atoms with E-state index < -0.39 is 30.1 Å². The van der Waals surface area contributed by atoms with Gasteiger partial charge in [-0.15, -0.1) is 12.4 Å². The standard InChI is InChI=1S/C13H14F2N2O3.ClH/c14-10-1-2-11(15)9-6-17(4-3-8(9)10)7-12(18)16-5-13(19)20;/h1-2H,3-7H2,(H,16,18)(H,19,20);1H. The van der Waals surface area contributed by atoms with Gasteiger partial charge in [-0.1, -0.05) is 0 Å². The molecule has 2 rings (SSSR count). The van der Waals surface area contributed by atoms with Gasteiger partial charge in [0.15, 0.2) is 0 Å². The van der Waals surface area contributed by atoms with Crippen LogP contribution in [0.25, 0.3) is 0 Å². The number of amides is 1. The number of rotatable bonds is 4. The van der Waals surface area contributed by atoms with E-state index in [0.29, 0.717) is 18.5 Å². The molecule has 0 saturated carbocycles. The normalized spacial score (nSPS) is 14.0. The van der Waals surface area contributed by atoms with E-state index in [-0.39, 0.29) is 31.1 Å². The topological polar surface area (TPSA) is 69.6 Å². The summed E-state index contributed by atoms with van der Waals surface area (Å²) in [5.74, 6) is -2.50. The zero-order valence-electron chi connectivity index (χ0n) is 11.1. The van der Waals surface area contributed by atoms with Crippen LogP contribution in [0.1, 0.15) is 11.1 Å². The Labute approximate surface area is 126 Å². The van der Waals surface area contributed by atoms with Gasteiger partial charge >= 0.3 is 5.97 Å². The van der Waals surface area contributed by atoms with Crippen LogP contribution in [0, 0.1) is 11.6 Å². The molecular formula is C13H15ClF2N2O3.